The van der Waals surface area contributed by atoms with Crippen molar-refractivity contribution in [3.05, 3.63) is 59.9 Å². The largest absolute Gasteiger partial charge is 0.369 e. The molecule has 3 heterocycles. The number of benzene rings is 2. The second kappa shape index (κ2) is 7.65. The lowest BCUT2D eigenvalue weighted by atomic mass is 10.1. The molecule has 2 fully saturated rings. The molecule has 1 amide bonds. The second-order valence-electron chi connectivity index (χ2n) is 8.16. The van der Waals surface area contributed by atoms with E-state index in [1.54, 1.807) is 4.90 Å². The predicted octanol–water partition coefficient (Wildman–Crippen LogP) is 2.93. The molecule has 1 spiro atoms. The van der Waals surface area contributed by atoms with E-state index < -0.39 is 5.79 Å². The number of para-hydroxylation sites is 1. The first-order valence-electron chi connectivity index (χ1n) is 10.5. The van der Waals surface area contributed by atoms with Crippen LogP contribution in [0.25, 0.3) is 0 Å². The zero-order chi connectivity index (χ0) is 20.7. The van der Waals surface area contributed by atoms with Crippen molar-refractivity contribution in [3.8, 4) is 0 Å². The summed E-state index contributed by atoms with van der Waals surface area (Å²) < 4.78 is 25.3. The molecule has 0 aliphatic carbocycles. The Labute approximate surface area is 175 Å². The average Bonchev–Trinajstić information content (AvgIpc) is 2.98. The number of anilines is 2. The SMILES string of the molecule is C[C@H]1CCO[C@@]2(O1)C(=O)N(CN1CCN(c3ccc(F)cc3)CC1)c1ccccc12. The van der Waals surface area contributed by atoms with Gasteiger partial charge in [-0.2, -0.15) is 0 Å². The highest BCUT2D eigenvalue weighted by molar-refractivity contribution is 6.06. The molecular formula is C23H26FN3O3. The molecule has 3 aliphatic rings. The Morgan fingerprint density at radius 3 is 2.53 bits per heavy atom. The Morgan fingerprint density at radius 2 is 1.80 bits per heavy atom. The zero-order valence-electron chi connectivity index (χ0n) is 17.1. The number of fused-ring (bicyclic) bond motifs is 2. The highest BCUT2D eigenvalue weighted by Crippen LogP contribution is 2.46. The van der Waals surface area contributed by atoms with Gasteiger partial charge in [-0.3, -0.25) is 14.6 Å². The van der Waals surface area contributed by atoms with Gasteiger partial charge in [0.05, 0.1) is 25.1 Å². The minimum atomic E-state index is -1.32. The number of carbonyl (C=O) groups is 1. The second-order valence-corrected chi connectivity index (χ2v) is 8.16. The van der Waals surface area contributed by atoms with E-state index in [1.165, 1.54) is 12.1 Å². The summed E-state index contributed by atoms with van der Waals surface area (Å²) in [6, 6.07) is 14.4. The van der Waals surface area contributed by atoms with Gasteiger partial charge in [0.15, 0.2) is 0 Å². The van der Waals surface area contributed by atoms with E-state index in [-0.39, 0.29) is 17.8 Å². The fourth-order valence-electron chi connectivity index (χ4n) is 4.53. The monoisotopic (exact) mass is 411 g/mol. The number of ether oxygens (including phenoxy) is 2. The fraction of sp³-hybridized carbons (Fsp3) is 0.435. The molecule has 5 rings (SSSR count). The number of halogens is 1. The molecular weight excluding hydrogens is 385 g/mol. The molecule has 0 unspecified atom stereocenters. The number of amides is 1. The highest BCUT2D eigenvalue weighted by Gasteiger charge is 2.56. The van der Waals surface area contributed by atoms with Crippen molar-refractivity contribution in [1.82, 2.24) is 4.90 Å². The van der Waals surface area contributed by atoms with Crippen LogP contribution in [0.2, 0.25) is 0 Å². The van der Waals surface area contributed by atoms with Gasteiger partial charge in [0.25, 0.3) is 11.7 Å². The van der Waals surface area contributed by atoms with E-state index >= 15 is 0 Å². The number of hydrogen-bond acceptors (Lipinski definition) is 5. The van der Waals surface area contributed by atoms with Crippen LogP contribution < -0.4 is 9.80 Å². The summed E-state index contributed by atoms with van der Waals surface area (Å²) in [5.41, 5.74) is 2.68. The van der Waals surface area contributed by atoms with E-state index in [0.29, 0.717) is 13.3 Å². The maximum atomic E-state index is 13.5. The predicted molar refractivity (Wildman–Crippen MR) is 112 cm³/mol. The summed E-state index contributed by atoms with van der Waals surface area (Å²) in [7, 11) is 0. The van der Waals surface area contributed by atoms with Crippen LogP contribution in [0.3, 0.4) is 0 Å². The fourth-order valence-corrected chi connectivity index (χ4v) is 4.53. The minimum Gasteiger partial charge on any atom is -0.369 e. The first kappa shape index (κ1) is 19.5. The molecule has 6 nitrogen and oxygen atoms in total. The topological polar surface area (TPSA) is 45.3 Å². The van der Waals surface area contributed by atoms with Crippen molar-refractivity contribution in [3.63, 3.8) is 0 Å². The molecule has 0 saturated carbocycles. The number of hydrogen-bond donors (Lipinski definition) is 0. The molecule has 3 aliphatic heterocycles. The first-order valence-corrected chi connectivity index (χ1v) is 10.5. The van der Waals surface area contributed by atoms with Gasteiger partial charge in [-0.25, -0.2) is 4.39 Å². The molecule has 2 aromatic rings. The first-order chi connectivity index (χ1) is 14.6. The Bertz CT molecular complexity index is 930. The lowest BCUT2D eigenvalue weighted by molar-refractivity contribution is -0.277. The molecule has 30 heavy (non-hydrogen) atoms. The van der Waals surface area contributed by atoms with Crippen LogP contribution in [0.1, 0.15) is 18.9 Å². The van der Waals surface area contributed by atoms with Crippen LogP contribution in [0.15, 0.2) is 48.5 Å². The van der Waals surface area contributed by atoms with Gasteiger partial charge >= 0.3 is 0 Å². The third-order valence-corrected chi connectivity index (χ3v) is 6.18. The van der Waals surface area contributed by atoms with Crippen molar-refractivity contribution in [2.45, 2.75) is 25.2 Å². The Kier molecular flexibility index (Phi) is 4.97. The quantitative estimate of drug-likeness (QED) is 0.777. The van der Waals surface area contributed by atoms with Crippen LogP contribution in [0.4, 0.5) is 15.8 Å². The Hall–Kier alpha value is -2.48. The van der Waals surface area contributed by atoms with Crippen LogP contribution >= 0.6 is 0 Å². The molecule has 158 valence electrons. The molecule has 0 aromatic heterocycles. The zero-order valence-corrected chi connectivity index (χ0v) is 17.1. The van der Waals surface area contributed by atoms with Gasteiger partial charge in [-0.05, 0) is 43.7 Å². The van der Waals surface area contributed by atoms with E-state index in [2.05, 4.69) is 9.80 Å². The summed E-state index contributed by atoms with van der Waals surface area (Å²) in [6.45, 7) is 6.26. The molecule has 2 atom stereocenters. The maximum Gasteiger partial charge on any atom is 0.293 e. The summed E-state index contributed by atoms with van der Waals surface area (Å²) in [6.07, 6.45) is 0.748. The molecule has 0 N–H and O–H groups in total. The number of carbonyl (C=O) groups excluding carboxylic acids is 1. The lowest BCUT2D eigenvalue weighted by Gasteiger charge is -2.39. The maximum absolute atomic E-state index is 13.5. The Morgan fingerprint density at radius 1 is 1.07 bits per heavy atom. The van der Waals surface area contributed by atoms with E-state index in [4.69, 9.17) is 9.47 Å². The van der Waals surface area contributed by atoms with E-state index in [1.807, 2.05) is 43.3 Å². The van der Waals surface area contributed by atoms with Crippen LogP contribution in [0, 0.1) is 5.82 Å². The van der Waals surface area contributed by atoms with E-state index in [0.717, 1.165) is 49.5 Å². The van der Waals surface area contributed by atoms with Crippen molar-refractivity contribution in [2.75, 3.05) is 49.3 Å². The van der Waals surface area contributed by atoms with Gasteiger partial charge in [0.2, 0.25) is 0 Å². The molecule has 0 radical (unpaired) electrons. The summed E-state index contributed by atoms with van der Waals surface area (Å²) in [5, 5.41) is 0. The van der Waals surface area contributed by atoms with Gasteiger partial charge in [0.1, 0.15) is 5.82 Å². The van der Waals surface area contributed by atoms with Crippen LogP contribution in [-0.2, 0) is 20.1 Å². The standard InChI is InChI=1S/C23H26FN3O3/c1-17-10-15-29-23(30-17)20-4-2-3-5-21(20)27(22(23)28)16-25-11-13-26(14-12-25)19-8-6-18(24)7-9-19/h2-9,17H,10-16H2,1H3/t17-,23-/m0/s1. The molecule has 0 bridgehead atoms. The summed E-state index contributed by atoms with van der Waals surface area (Å²) in [4.78, 5) is 19.8. The lowest BCUT2D eigenvalue weighted by Crippen LogP contribution is -2.54. The van der Waals surface area contributed by atoms with Crippen LogP contribution in [-0.4, -0.2) is 56.4 Å². The highest BCUT2D eigenvalue weighted by atomic mass is 19.1. The Balaban J connectivity index is 1.31. The normalized spacial score (nSPS) is 27.0. The van der Waals surface area contributed by atoms with Crippen molar-refractivity contribution >= 4 is 17.3 Å². The van der Waals surface area contributed by atoms with Gasteiger partial charge < -0.3 is 14.4 Å². The molecule has 2 saturated heterocycles. The van der Waals surface area contributed by atoms with Crippen molar-refractivity contribution in [1.29, 1.82) is 0 Å². The molecule has 7 heteroatoms. The van der Waals surface area contributed by atoms with Gasteiger partial charge in [-0.1, -0.05) is 18.2 Å². The smallest absolute Gasteiger partial charge is 0.293 e. The number of nitrogens with zero attached hydrogens (tertiary/aromatic N) is 3. The minimum absolute atomic E-state index is 0.0324. The van der Waals surface area contributed by atoms with Crippen LogP contribution in [0.5, 0.6) is 0 Å². The third-order valence-electron chi connectivity index (χ3n) is 6.18. The average molecular weight is 411 g/mol. The summed E-state index contributed by atoms with van der Waals surface area (Å²) in [5.74, 6) is -1.68. The summed E-state index contributed by atoms with van der Waals surface area (Å²) >= 11 is 0. The van der Waals surface area contributed by atoms with E-state index in [9.17, 15) is 9.18 Å². The number of piperazine rings is 1. The molecule has 2 aromatic carbocycles. The van der Waals surface area contributed by atoms with Gasteiger partial charge in [0, 0.05) is 37.4 Å². The van der Waals surface area contributed by atoms with Crippen molar-refractivity contribution in [2.24, 2.45) is 0 Å². The third kappa shape index (κ3) is 3.27. The van der Waals surface area contributed by atoms with Gasteiger partial charge in [-0.15, -0.1) is 0 Å². The number of rotatable bonds is 3. The van der Waals surface area contributed by atoms with Crippen molar-refractivity contribution < 1.29 is 18.7 Å².